The van der Waals surface area contributed by atoms with Crippen molar-refractivity contribution in [2.45, 2.75) is 81.3 Å². The lowest BCUT2D eigenvalue weighted by molar-refractivity contribution is -0.120. The summed E-state index contributed by atoms with van der Waals surface area (Å²) in [6, 6.07) is 7.03. The second-order valence-electron chi connectivity index (χ2n) is 8.06. The zero-order valence-electron chi connectivity index (χ0n) is 16.6. The molecule has 0 radical (unpaired) electrons. The number of nitrogens with zero attached hydrogens (tertiary/aromatic N) is 2. The van der Waals surface area contributed by atoms with Crippen LogP contribution in [0.3, 0.4) is 0 Å². The number of aromatic nitrogens is 2. The molecule has 2 fully saturated rings. The molecule has 0 bridgehead atoms. The van der Waals surface area contributed by atoms with Crippen molar-refractivity contribution < 1.29 is 9.18 Å². The largest absolute Gasteiger partial charge is 0.352 e. The number of imidazole rings is 1. The van der Waals surface area contributed by atoms with Crippen molar-refractivity contribution in [3.05, 3.63) is 47.0 Å². The first kappa shape index (κ1) is 19.5. The molecule has 28 heavy (non-hydrogen) atoms. The Kier molecular flexibility index (Phi) is 5.76. The molecule has 6 heteroatoms. The quantitative estimate of drug-likeness (QED) is 0.672. The van der Waals surface area contributed by atoms with Crippen LogP contribution < -0.4 is 5.32 Å². The molecule has 2 aliphatic rings. The molecule has 4 nitrogen and oxygen atoms in total. The molecule has 1 unspecified atom stereocenters. The Morgan fingerprint density at radius 2 is 1.82 bits per heavy atom. The lowest BCUT2D eigenvalue weighted by Gasteiger charge is -2.27. The van der Waals surface area contributed by atoms with Gasteiger partial charge in [0.05, 0.1) is 5.69 Å². The predicted octanol–water partition coefficient (Wildman–Crippen LogP) is 5.26. The number of aryl methyl sites for hydroxylation is 1. The SMILES string of the molecule is Cc1nc(SC(C(=O)NC2CC2)c2ccc(F)cc2)n(C2CCCCC2)c1C. The third kappa shape index (κ3) is 4.27. The normalized spacial score (nSPS) is 18.8. The summed E-state index contributed by atoms with van der Waals surface area (Å²) in [6.45, 7) is 4.16. The standard InChI is InChI=1S/C22H28FN3OS/c1-14-15(2)26(19-6-4-3-5-7-19)22(24-14)28-20(21(27)25-18-12-13-18)16-8-10-17(23)11-9-16/h8-11,18-20H,3-7,12-13H2,1-2H3,(H,25,27). The van der Waals surface area contributed by atoms with Crippen LogP contribution in [0.2, 0.25) is 0 Å². The molecule has 1 atom stereocenters. The molecule has 1 N–H and O–H groups in total. The molecular weight excluding hydrogens is 373 g/mol. The van der Waals surface area contributed by atoms with Crippen molar-refractivity contribution in [3.8, 4) is 0 Å². The van der Waals surface area contributed by atoms with E-state index >= 15 is 0 Å². The number of nitrogens with one attached hydrogen (secondary N) is 1. The van der Waals surface area contributed by atoms with Gasteiger partial charge in [0, 0.05) is 17.8 Å². The number of thioether (sulfide) groups is 1. The summed E-state index contributed by atoms with van der Waals surface area (Å²) in [5.41, 5.74) is 3.03. The number of benzene rings is 1. The average molecular weight is 402 g/mol. The van der Waals surface area contributed by atoms with Gasteiger partial charge >= 0.3 is 0 Å². The Morgan fingerprint density at radius 1 is 1.14 bits per heavy atom. The van der Waals surface area contributed by atoms with E-state index in [0.29, 0.717) is 6.04 Å². The maximum atomic E-state index is 13.4. The third-order valence-electron chi connectivity index (χ3n) is 5.85. The molecule has 0 spiro atoms. The van der Waals surface area contributed by atoms with E-state index in [2.05, 4.69) is 16.8 Å². The van der Waals surface area contributed by atoms with Crippen LogP contribution in [0.5, 0.6) is 0 Å². The molecule has 1 aromatic heterocycles. The summed E-state index contributed by atoms with van der Waals surface area (Å²) < 4.78 is 15.8. The van der Waals surface area contributed by atoms with Gasteiger partial charge in [0.25, 0.3) is 0 Å². The van der Waals surface area contributed by atoms with Crippen LogP contribution in [0, 0.1) is 19.7 Å². The highest BCUT2D eigenvalue weighted by Gasteiger charge is 2.31. The van der Waals surface area contributed by atoms with Gasteiger partial charge < -0.3 is 9.88 Å². The Morgan fingerprint density at radius 3 is 2.46 bits per heavy atom. The summed E-state index contributed by atoms with van der Waals surface area (Å²) in [4.78, 5) is 17.8. The summed E-state index contributed by atoms with van der Waals surface area (Å²) in [5.74, 6) is -0.293. The highest BCUT2D eigenvalue weighted by molar-refractivity contribution is 8.00. The van der Waals surface area contributed by atoms with Crippen LogP contribution in [0.1, 0.15) is 73.2 Å². The van der Waals surface area contributed by atoms with Crippen LogP contribution in [0.25, 0.3) is 0 Å². The van der Waals surface area contributed by atoms with E-state index < -0.39 is 5.25 Å². The maximum absolute atomic E-state index is 13.4. The van der Waals surface area contributed by atoms with E-state index in [1.54, 1.807) is 12.1 Å². The summed E-state index contributed by atoms with van der Waals surface area (Å²) in [5, 5.41) is 3.60. The third-order valence-corrected chi connectivity index (χ3v) is 7.07. The number of carbonyl (C=O) groups is 1. The van der Waals surface area contributed by atoms with Gasteiger partial charge in [0.15, 0.2) is 5.16 Å². The van der Waals surface area contributed by atoms with Crippen LogP contribution in [-0.4, -0.2) is 21.5 Å². The Balaban J connectivity index is 1.65. The van der Waals surface area contributed by atoms with Gasteiger partial charge in [0.2, 0.25) is 5.91 Å². The first-order chi connectivity index (χ1) is 13.5. The minimum Gasteiger partial charge on any atom is -0.352 e. The molecule has 2 aliphatic carbocycles. The van der Waals surface area contributed by atoms with E-state index in [-0.39, 0.29) is 17.8 Å². The van der Waals surface area contributed by atoms with Crippen molar-refractivity contribution in [1.82, 2.24) is 14.9 Å². The monoisotopic (exact) mass is 401 g/mol. The van der Waals surface area contributed by atoms with E-state index in [4.69, 9.17) is 4.98 Å². The van der Waals surface area contributed by atoms with E-state index in [9.17, 15) is 9.18 Å². The molecule has 150 valence electrons. The summed E-state index contributed by atoms with van der Waals surface area (Å²) in [6.07, 6.45) is 8.21. The number of hydrogen-bond donors (Lipinski definition) is 1. The molecule has 1 heterocycles. The smallest absolute Gasteiger partial charge is 0.238 e. The van der Waals surface area contributed by atoms with Gasteiger partial charge in [-0.2, -0.15) is 0 Å². The van der Waals surface area contributed by atoms with Gasteiger partial charge in [-0.1, -0.05) is 43.2 Å². The summed E-state index contributed by atoms with van der Waals surface area (Å²) >= 11 is 1.50. The molecule has 2 saturated carbocycles. The topological polar surface area (TPSA) is 46.9 Å². The number of halogens is 1. The maximum Gasteiger partial charge on any atom is 0.238 e. The molecule has 1 amide bonds. The molecule has 0 saturated heterocycles. The first-order valence-corrected chi connectivity index (χ1v) is 11.2. The van der Waals surface area contributed by atoms with E-state index in [0.717, 1.165) is 29.3 Å². The molecule has 0 aliphatic heterocycles. The lowest BCUT2D eigenvalue weighted by atomic mass is 9.95. The highest BCUT2D eigenvalue weighted by Crippen LogP contribution is 2.40. The molecule has 2 aromatic rings. The second kappa shape index (κ2) is 8.27. The van der Waals surface area contributed by atoms with Gasteiger partial charge in [-0.25, -0.2) is 9.37 Å². The van der Waals surface area contributed by atoms with E-state index in [1.807, 2.05) is 6.92 Å². The van der Waals surface area contributed by atoms with Crippen molar-refractivity contribution in [2.24, 2.45) is 0 Å². The first-order valence-electron chi connectivity index (χ1n) is 10.3. The van der Waals surface area contributed by atoms with Gasteiger partial charge in [-0.3, -0.25) is 4.79 Å². The van der Waals surface area contributed by atoms with E-state index in [1.165, 1.54) is 61.7 Å². The number of amides is 1. The van der Waals surface area contributed by atoms with Gasteiger partial charge in [0.1, 0.15) is 11.1 Å². The fraction of sp³-hybridized carbons (Fsp3) is 0.545. The highest BCUT2D eigenvalue weighted by atomic mass is 32.2. The number of carbonyl (C=O) groups excluding carboxylic acids is 1. The van der Waals surface area contributed by atoms with Crippen molar-refractivity contribution in [3.63, 3.8) is 0 Å². The zero-order valence-corrected chi connectivity index (χ0v) is 17.4. The Bertz CT molecular complexity index is 838. The average Bonchev–Trinajstić information content (AvgIpc) is 3.46. The minimum absolute atomic E-state index is 0.00684. The van der Waals surface area contributed by atoms with Crippen molar-refractivity contribution in [2.75, 3.05) is 0 Å². The van der Waals surface area contributed by atoms with Crippen LogP contribution >= 0.6 is 11.8 Å². The van der Waals surface area contributed by atoms with Crippen LogP contribution in [0.15, 0.2) is 29.4 Å². The zero-order chi connectivity index (χ0) is 19.7. The fourth-order valence-electron chi connectivity index (χ4n) is 3.97. The van der Waals surface area contributed by atoms with Crippen molar-refractivity contribution >= 4 is 17.7 Å². The van der Waals surface area contributed by atoms with Gasteiger partial charge in [-0.05, 0) is 57.2 Å². The van der Waals surface area contributed by atoms with Gasteiger partial charge in [-0.15, -0.1) is 0 Å². The summed E-state index contributed by atoms with van der Waals surface area (Å²) in [7, 11) is 0. The predicted molar refractivity (Wildman–Crippen MR) is 110 cm³/mol. The van der Waals surface area contributed by atoms with Crippen LogP contribution in [-0.2, 0) is 4.79 Å². The molecule has 4 rings (SSSR count). The molecule has 1 aromatic carbocycles. The van der Waals surface area contributed by atoms with Crippen molar-refractivity contribution in [1.29, 1.82) is 0 Å². The second-order valence-corrected chi connectivity index (χ2v) is 9.13. The lowest BCUT2D eigenvalue weighted by Crippen LogP contribution is -2.30. The molecular formula is C22H28FN3OS. The van der Waals surface area contributed by atoms with Crippen LogP contribution in [0.4, 0.5) is 4.39 Å². The fourth-order valence-corrected chi connectivity index (χ4v) is 5.24. The Labute approximate surface area is 170 Å². The number of rotatable bonds is 6. The Hall–Kier alpha value is -1.82. The minimum atomic E-state index is -0.426. The number of hydrogen-bond acceptors (Lipinski definition) is 3.